The summed E-state index contributed by atoms with van der Waals surface area (Å²) >= 11 is 0. The normalized spacial score (nSPS) is 11.7. The van der Waals surface area contributed by atoms with Crippen LogP contribution in [0.3, 0.4) is 0 Å². The predicted molar refractivity (Wildman–Crippen MR) is 119 cm³/mol. The highest BCUT2D eigenvalue weighted by atomic mass is 32.2. The van der Waals surface area contributed by atoms with Gasteiger partial charge in [-0.25, -0.2) is 16.8 Å². The molecule has 0 aromatic heterocycles. The molecule has 0 aliphatic rings. The third kappa shape index (κ3) is 6.26. The summed E-state index contributed by atoms with van der Waals surface area (Å²) in [6, 6.07) is 22.7. The van der Waals surface area contributed by atoms with Gasteiger partial charge in [-0.3, -0.25) is 4.79 Å². The number of hydrogen-bond donors (Lipinski definition) is 1. The molecular weight excluding hydrogens is 434 g/mol. The van der Waals surface area contributed by atoms with Gasteiger partial charge in [-0.05, 0) is 48.4 Å². The zero-order chi connectivity index (χ0) is 22.3. The van der Waals surface area contributed by atoms with E-state index in [1.54, 1.807) is 66.7 Å². The van der Waals surface area contributed by atoms with E-state index in [0.29, 0.717) is 11.1 Å². The van der Waals surface area contributed by atoms with Crippen LogP contribution >= 0.6 is 0 Å². The Bertz CT molecular complexity index is 1240. The Balaban J connectivity index is 1.57. The molecule has 0 saturated heterocycles. The summed E-state index contributed by atoms with van der Waals surface area (Å²) < 4.78 is 49.6. The fraction of sp³-hybridized carbons (Fsp3) is 0.174. The first-order chi connectivity index (χ1) is 14.8. The highest BCUT2D eigenvalue weighted by molar-refractivity contribution is 7.91. The van der Waals surface area contributed by atoms with Crippen LogP contribution in [0.25, 0.3) is 0 Å². The summed E-state index contributed by atoms with van der Waals surface area (Å²) in [5, 5.41) is 2.69. The van der Waals surface area contributed by atoms with Gasteiger partial charge in [0, 0.05) is 12.1 Å². The van der Waals surface area contributed by atoms with E-state index in [-0.39, 0.29) is 40.2 Å². The first-order valence-electron chi connectivity index (χ1n) is 9.71. The van der Waals surface area contributed by atoms with Crippen LogP contribution in [0.15, 0.2) is 94.7 Å². The third-order valence-electron chi connectivity index (χ3n) is 4.63. The molecule has 8 heteroatoms. The van der Waals surface area contributed by atoms with Crippen molar-refractivity contribution in [2.45, 2.75) is 22.0 Å². The lowest BCUT2D eigenvalue weighted by Gasteiger charge is -2.09. The smallest absolute Gasteiger partial charge is 0.251 e. The number of hydrogen-bond acceptors (Lipinski definition) is 5. The molecule has 3 rings (SSSR count). The van der Waals surface area contributed by atoms with Crippen molar-refractivity contribution in [1.82, 2.24) is 5.32 Å². The summed E-state index contributed by atoms with van der Waals surface area (Å²) in [5.74, 6) is -0.670. The van der Waals surface area contributed by atoms with Crippen molar-refractivity contribution >= 4 is 25.6 Å². The second-order valence-corrected chi connectivity index (χ2v) is 11.1. The number of rotatable bonds is 9. The van der Waals surface area contributed by atoms with Crippen molar-refractivity contribution in [3.8, 4) is 0 Å². The fourth-order valence-electron chi connectivity index (χ4n) is 3.04. The van der Waals surface area contributed by atoms with E-state index in [0.717, 1.165) is 0 Å². The standard InChI is InChI=1S/C23H23NO5S2/c25-23(24-15-8-16-30(26,27)21-11-3-1-4-12-21)20-10-7-9-19(17-20)18-31(28,29)22-13-5-2-6-14-22/h1-7,9-14,17H,8,15-16,18H2,(H,24,25). The molecule has 6 nitrogen and oxygen atoms in total. The van der Waals surface area contributed by atoms with Crippen LogP contribution in [0.4, 0.5) is 0 Å². The minimum Gasteiger partial charge on any atom is -0.352 e. The highest BCUT2D eigenvalue weighted by Gasteiger charge is 2.17. The highest BCUT2D eigenvalue weighted by Crippen LogP contribution is 2.17. The molecule has 0 atom stereocenters. The van der Waals surface area contributed by atoms with Gasteiger partial charge < -0.3 is 5.32 Å². The topological polar surface area (TPSA) is 97.4 Å². The third-order valence-corrected chi connectivity index (χ3v) is 8.15. The quantitative estimate of drug-likeness (QED) is 0.498. The summed E-state index contributed by atoms with van der Waals surface area (Å²) in [4.78, 5) is 12.9. The first-order valence-corrected chi connectivity index (χ1v) is 13.0. The number of amides is 1. The first kappa shape index (κ1) is 22.7. The molecule has 3 aromatic carbocycles. The zero-order valence-corrected chi connectivity index (χ0v) is 18.4. The van der Waals surface area contributed by atoms with E-state index in [1.165, 1.54) is 18.2 Å². The summed E-state index contributed by atoms with van der Waals surface area (Å²) in [6.45, 7) is 0.192. The lowest BCUT2D eigenvalue weighted by atomic mass is 10.1. The molecule has 3 aromatic rings. The lowest BCUT2D eigenvalue weighted by Crippen LogP contribution is -2.26. The number of sulfone groups is 2. The molecule has 0 unspecified atom stereocenters. The molecule has 0 radical (unpaired) electrons. The van der Waals surface area contributed by atoms with Crippen LogP contribution < -0.4 is 5.32 Å². The van der Waals surface area contributed by atoms with Crippen LogP contribution in [0.2, 0.25) is 0 Å². The number of benzene rings is 3. The molecule has 0 aliphatic heterocycles. The minimum absolute atomic E-state index is 0.0767. The largest absolute Gasteiger partial charge is 0.352 e. The molecule has 0 saturated carbocycles. The summed E-state index contributed by atoms with van der Waals surface area (Å²) in [7, 11) is -6.91. The van der Waals surface area contributed by atoms with Crippen LogP contribution in [-0.2, 0) is 25.4 Å². The van der Waals surface area contributed by atoms with Crippen molar-refractivity contribution < 1.29 is 21.6 Å². The van der Waals surface area contributed by atoms with Gasteiger partial charge >= 0.3 is 0 Å². The van der Waals surface area contributed by atoms with Gasteiger partial charge in [0.1, 0.15) is 0 Å². The number of carbonyl (C=O) groups is 1. The van der Waals surface area contributed by atoms with E-state index in [9.17, 15) is 21.6 Å². The van der Waals surface area contributed by atoms with E-state index in [4.69, 9.17) is 0 Å². The van der Waals surface area contributed by atoms with Crippen molar-refractivity contribution in [2.75, 3.05) is 12.3 Å². The molecule has 162 valence electrons. The summed E-state index contributed by atoms with van der Waals surface area (Å²) in [5.41, 5.74) is 0.829. The maximum absolute atomic E-state index is 12.5. The molecular formula is C23H23NO5S2. The lowest BCUT2D eigenvalue weighted by molar-refractivity contribution is 0.0953. The van der Waals surface area contributed by atoms with Crippen molar-refractivity contribution in [3.63, 3.8) is 0 Å². The Hall–Kier alpha value is -2.97. The van der Waals surface area contributed by atoms with E-state index < -0.39 is 19.7 Å². The van der Waals surface area contributed by atoms with Gasteiger partial charge in [0.05, 0.1) is 21.3 Å². The Labute approximate surface area is 182 Å². The van der Waals surface area contributed by atoms with Crippen molar-refractivity contribution in [2.24, 2.45) is 0 Å². The molecule has 0 heterocycles. The second kappa shape index (κ2) is 9.89. The predicted octanol–water partition coefficient (Wildman–Crippen LogP) is 3.25. The van der Waals surface area contributed by atoms with Gasteiger partial charge in [0.15, 0.2) is 19.7 Å². The summed E-state index contributed by atoms with van der Waals surface area (Å²) in [6.07, 6.45) is 0.269. The Morgan fingerprint density at radius 1 is 0.710 bits per heavy atom. The van der Waals surface area contributed by atoms with Crippen molar-refractivity contribution in [3.05, 3.63) is 96.1 Å². The second-order valence-electron chi connectivity index (χ2n) is 7.01. The average molecular weight is 458 g/mol. The maximum Gasteiger partial charge on any atom is 0.251 e. The molecule has 0 bridgehead atoms. The van der Waals surface area contributed by atoms with Crippen LogP contribution in [0.1, 0.15) is 22.3 Å². The van der Waals surface area contributed by atoms with Gasteiger partial charge in [-0.1, -0.05) is 48.5 Å². The fourth-order valence-corrected chi connectivity index (χ4v) is 5.73. The average Bonchev–Trinajstić information content (AvgIpc) is 2.78. The number of nitrogens with one attached hydrogen (secondary N) is 1. The maximum atomic E-state index is 12.5. The Morgan fingerprint density at radius 3 is 1.90 bits per heavy atom. The van der Waals surface area contributed by atoms with E-state index >= 15 is 0 Å². The Kier molecular flexibility index (Phi) is 7.25. The van der Waals surface area contributed by atoms with E-state index in [2.05, 4.69) is 5.32 Å². The van der Waals surface area contributed by atoms with Gasteiger partial charge in [0.2, 0.25) is 0 Å². The molecule has 0 fully saturated rings. The van der Waals surface area contributed by atoms with Crippen LogP contribution in [0.5, 0.6) is 0 Å². The Morgan fingerprint density at radius 2 is 1.29 bits per heavy atom. The zero-order valence-electron chi connectivity index (χ0n) is 16.8. The van der Waals surface area contributed by atoms with Crippen LogP contribution in [-0.4, -0.2) is 35.0 Å². The van der Waals surface area contributed by atoms with E-state index in [1.807, 2.05) is 0 Å². The van der Waals surface area contributed by atoms with Gasteiger partial charge in [0.25, 0.3) is 5.91 Å². The van der Waals surface area contributed by atoms with Crippen molar-refractivity contribution in [1.29, 1.82) is 0 Å². The van der Waals surface area contributed by atoms with Gasteiger partial charge in [-0.2, -0.15) is 0 Å². The molecule has 1 N–H and O–H groups in total. The number of carbonyl (C=O) groups excluding carboxylic acids is 1. The molecule has 31 heavy (non-hydrogen) atoms. The molecule has 0 spiro atoms. The molecule has 0 aliphatic carbocycles. The SMILES string of the molecule is O=C(NCCCS(=O)(=O)c1ccccc1)c1cccc(CS(=O)(=O)c2ccccc2)c1. The monoisotopic (exact) mass is 457 g/mol. The van der Waals surface area contributed by atoms with Crippen LogP contribution in [0, 0.1) is 0 Å². The molecule has 1 amide bonds. The van der Waals surface area contributed by atoms with Gasteiger partial charge in [-0.15, -0.1) is 0 Å². The minimum atomic E-state index is -3.52.